The molecule has 0 bridgehead atoms. The van der Waals surface area contributed by atoms with Gasteiger partial charge in [-0.05, 0) is 25.7 Å². The second-order valence-electron chi connectivity index (χ2n) is 4.63. The van der Waals surface area contributed by atoms with Crippen molar-refractivity contribution in [2.75, 3.05) is 0 Å². The molecular formula is C12H18N2O2. The van der Waals surface area contributed by atoms with Crippen molar-refractivity contribution in [3.05, 3.63) is 17.2 Å². The first-order valence-corrected chi connectivity index (χ1v) is 5.85. The van der Waals surface area contributed by atoms with Crippen LogP contribution in [-0.4, -0.2) is 20.6 Å². The Bertz CT molecular complexity index is 409. The Morgan fingerprint density at radius 3 is 2.81 bits per heavy atom. The molecule has 1 aromatic heterocycles. The molecule has 1 N–H and O–H groups in total. The van der Waals surface area contributed by atoms with Crippen LogP contribution < -0.4 is 0 Å². The minimum Gasteiger partial charge on any atom is -0.481 e. The number of rotatable bonds is 3. The van der Waals surface area contributed by atoms with Crippen LogP contribution in [0.5, 0.6) is 0 Å². The predicted octanol–water partition coefficient (Wildman–Crippen LogP) is 1.56. The van der Waals surface area contributed by atoms with Crippen molar-refractivity contribution in [2.45, 2.75) is 39.0 Å². The predicted molar refractivity (Wildman–Crippen MR) is 60.4 cm³/mol. The third-order valence-electron chi connectivity index (χ3n) is 3.38. The molecule has 0 fully saturated rings. The van der Waals surface area contributed by atoms with E-state index in [2.05, 4.69) is 9.55 Å². The van der Waals surface area contributed by atoms with Crippen LogP contribution in [0.1, 0.15) is 37.0 Å². The van der Waals surface area contributed by atoms with E-state index in [0.717, 1.165) is 18.7 Å². The van der Waals surface area contributed by atoms with Gasteiger partial charge in [0.25, 0.3) is 0 Å². The Hall–Kier alpha value is -1.32. The van der Waals surface area contributed by atoms with Crippen LogP contribution in [0.15, 0.2) is 0 Å². The molecule has 4 heteroatoms. The fraction of sp³-hybridized carbons (Fsp3) is 0.667. The van der Waals surface area contributed by atoms with Gasteiger partial charge in [0.1, 0.15) is 5.82 Å². The minimum atomic E-state index is -0.749. The maximum atomic E-state index is 10.8. The molecule has 2 rings (SSSR count). The van der Waals surface area contributed by atoms with Gasteiger partial charge < -0.3 is 9.67 Å². The lowest BCUT2D eigenvalue weighted by molar-refractivity contribution is -0.141. The molecule has 1 atom stereocenters. The van der Waals surface area contributed by atoms with Gasteiger partial charge in [-0.1, -0.05) is 6.92 Å². The Morgan fingerprint density at radius 2 is 2.19 bits per heavy atom. The van der Waals surface area contributed by atoms with Gasteiger partial charge >= 0.3 is 5.97 Å². The Balaban J connectivity index is 2.22. The second-order valence-corrected chi connectivity index (χ2v) is 4.63. The van der Waals surface area contributed by atoms with Crippen molar-refractivity contribution < 1.29 is 9.90 Å². The van der Waals surface area contributed by atoms with E-state index in [-0.39, 0.29) is 5.92 Å². The normalized spacial score (nSPS) is 16.9. The molecule has 0 aromatic carbocycles. The lowest BCUT2D eigenvalue weighted by Crippen LogP contribution is -2.15. The van der Waals surface area contributed by atoms with Gasteiger partial charge in [0.05, 0.1) is 11.6 Å². The highest BCUT2D eigenvalue weighted by atomic mass is 16.4. The molecule has 0 spiro atoms. The number of aromatic nitrogens is 2. The molecule has 0 radical (unpaired) electrons. The largest absolute Gasteiger partial charge is 0.481 e. The molecule has 88 valence electrons. The fourth-order valence-electron chi connectivity index (χ4n) is 2.29. The fourth-order valence-corrected chi connectivity index (χ4v) is 2.29. The standard InChI is InChI=1S/C12H18N2O2/c1-8(12(15)16)7-11-13-9-5-3-4-6-10(9)14(11)2/h8H,3-7H2,1-2H3,(H,15,16). The molecule has 1 unspecified atom stereocenters. The summed E-state index contributed by atoms with van der Waals surface area (Å²) in [6.45, 7) is 1.73. The molecule has 1 heterocycles. The van der Waals surface area contributed by atoms with E-state index in [9.17, 15) is 4.79 Å². The van der Waals surface area contributed by atoms with Crippen molar-refractivity contribution in [1.82, 2.24) is 9.55 Å². The average molecular weight is 222 g/mol. The SMILES string of the molecule is CC(Cc1nc2c(n1C)CCCC2)C(=O)O. The summed E-state index contributed by atoms with van der Waals surface area (Å²) < 4.78 is 2.09. The first-order valence-electron chi connectivity index (χ1n) is 5.85. The van der Waals surface area contributed by atoms with Gasteiger partial charge in [0, 0.05) is 19.2 Å². The zero-order valence-corrected chi connectivity index (χ0v) is 9.86. The Kier molecular flexibility index (Phi) is 2.99. The van der Waals surface area contributed by atoms with E-state index in [0.29, 0.717) is 6.42 Å². The third-order valence-corrected chi connectivity index (χ3v) is 3.38. The van der Waals surface area contributed by atoms with Crippen LogP contribution in [0.4, 0.5) is 0 Å². The van der Waals surface area contributed by atoms with Crippen LogP contribution >= 0.6 is 0 Å². The summed E-state index contributed by atoms with van der Waals surface area (Å²) >= 11 is 0. The number of aliphatic carboxylic acids is 1. The number of nitrogens with zero attached hydrogens (tertiary/aromatic N) is 2. The lowest BCUT2D eigenvalue weighted by Gasteiger charge is -2.11. The van der Waals surface area contributed by atoms with Crippen LogP contribution in [-0.2, 0) is 31.1 Å². The highest BCUT2D eigenvalue weighted by Crippen LogP contribution is 2.22. The molecule has 1 aromatic rings. The number of imidazole rings is 1. The summed E-state index contributed by atoms with van der Waals surface area (Å²) in [7, 11) is 2.00. The van der Waals surface area contributed by atoms with Crippen LogP contribution in [0, 0.1) is 5.92 Å². The zero-order chi connectivity index (χ0) is 11.7. The first-order chi connectivity index (χ1) is 7.59. The van der Waals surface area contributed by atoms with Gasteiger partial charge in [0.15, 0.2) is 0 Å². The summed E-state index contributed by atoms with van der Waals surface area (Å²) in [4.78, 5) is 15.4. The van der Waals surface area contributed by atoms with E-state index >= 15 is 0 Å². The molecule has 0 amide bonds. The monoisotopic (exact) mass is 222 g/mol. The molecular weight excluding hydrogens is 204 g/mol. The topological polar surface area (TPSA) is 55.1 Å². The molecule has 16 heavy (non-hydrogen) atoms. The summed E-state index contributed by atoms with van der Waals surface area (Å²) in [5.41, 5.74) is 2.49. The number of hydrogen-bond donors (Lipinski definition) is 1. The maximum Gasteiger partial charge on any atom is 0.306 e. The number of carboxylic acids is 1. The van der Waals surface area contributed by atoms with Crippen molar-refractivity contribution in [3.8, 4) is 0 Å². The summed E-state index contributed by atoms with van der Waals surface area (Å²) in [6.07, 6.45) is 5.09. The molecule has 0 saturated heterocycles. The number of hydrogen-bond acceptors (Lipinski definition) is 2. The summed E-state index contributed by atoms with van der Waals surface area (Å²) in [5, 5.41) is 8.90. The van der Waals surface area contributed by atoms with E-state index in [1.54, 1.807) is 6.92 Å². The van der Waals surface area contributed by atoms with Gasteiger partial charge in [-0.3, -0.25) is 4.79 Å². The van der Waals surface area contributed by atoms with Crippen molar-refractivity contribution in [1.29, 1.82) is 0 Å². The quantitative estimate of drug-likeness (QED) is 0.844. The number of carboxylic acid groups (broad SMARTS) is 1. The molecule has 4 nitrogen and oxygen atoms in total. The van der Waals surface area contributed by atoms with E-state index in [4.69, 9.17) is 5.11 Å². The van der Waals surface area contributed by atoms with Crippen molar-refractivity contribution in [2.24, 2.45) is 13.0 Å². The van der Waals surface area contributed by atoms with E-state index in [1.807, 2.05) is 7.05 Å². The highest BCUT2D eigenvalue weighted by molar-refractivity contribution is 5.69. The molecule has 1 aliphatic rings. The van der Waals surface area contributed by atoms with Crippen molar-refractivity contribution in [3.63, 3.8) is 0 Å². The van der Waals surface area contributed by atoms with Gasteiger partial charge in [-0.2, -0.15) is 0 Å². The number of fused-ring (bicyclic) bond motifs is 1. The molecule has 0 saturated carbocycles. The molecule has 1 aliphatic carbocycles. The van der Waals surface area contributed by atoms with Gasteiger partial charge in [0.2, 0.25) is 0 Å². The summed E-state index contributed by atoms with van der Waals surface area (Å²) in [5.74, 6) is -0.190. The third kappa shape index (κ3) is 1.96. The second kappa shape index (κ2) is 4.28. The van der Waals surface area contributed by atoms with Gasteiger partial charge in [-0.15, -0.1) is 0 Å². The van der Waals surface area contributed by atoms with Crippen LogP contribution in [0.2, 0.25) is 0 Å². The van der Waals surface area contributed by atoms with E-state index < -0.39 is 5.97 Å². The lowest BCUT2D eigenvalue weighted by atomic mass is 10.0. The summed E-state index contributed by atoms with van der Waals surface area (Å²) in [6, 6.07) is 0. The zero-order valence-electron chi connectivity index (χ0n) is 9.86. The average Bonchev–Trinajstić information content (AvgIpc) is 2.56. The van der Waals surface area contributed by atoms with E-state index in [1.165, 1.54) is 24.2 Å². The number of aryl methyl sites for hydroxylation is 1. The maximum absolute atomic E-state index is 10.8. The smallest absolute Gasteiger partial charge is 0.306 e. The highest BCUT2D eigenvalue weighted by Gasteiger charge is 2.20. The van der Waals surface area contributed by atoms with Crippen LogP contribution in [0.3, 0.4) is 0 Å². The first kappa shape index (κ1) is 11.2. The Morgan fingerprint density at radius 1 is 1.50 bits per heavy atom. The van der Waals surface area contributed by atoms with Gasteiger partial charge in [-0.25, -0.2) is 4.98 Å². The Labute approximate surface area is 95.3 Å². The van der Waals surface area contributed by atoms with Crippen LogP contribution in [0.25, 0.3) is 0 Å². The minimum absolute atomic E-state index is 0.359. The van der Waals surface area contributed by atoms with Crippen molar-refractivity contribution >= 4 is 5.97 Å². The molecule has 0 aliphatic heterocycles. The number of carbonyl (C=O) groups is 1.